The number of anilines is 1. The molecule has 3 aromatic rings. The average molecular weight is 435 g/mol. The van der Waals surface area contributed by atoms with Gasteiger partial charge in [0.15, 0.2) is 0 Å². The summed E-state index contributed by atoms with van der Waals surface area (Å²) in [5.41, 5.74) is 1.09. The lowest BCUT2D eigenvalue weighted by Gasteiger charge is -2.08. The fraction of sp³-hybridized carbons (Fsp3) is 0.263. The van der Waals surface area contributed by atoms with Gasteiger partial charge in [0, 0.05) is 31.0 Å². The van der Waals surface area contributed by atoms with Crippen molar-refractivity contribution in [3.8, 4) is 11.5 Å². The molecule has 0 aliphatic carbocycles. The third kappa shape index (κ3) is 5.89. The Morgan fingerprint density at radius 1 is 0.931 bits per heavy atom. The zero-order chi connectivity index (χ0) is 20.7. The normalized spacial score (nSPS) is 11.2. The van der Waals surface area contributed by atoms with E-state index in [0.717, 1.165) is 11.3 Å². The minimum atomic E-state index is -3.57. The maximum absolute atomic E-state index is 12.3. The minimum absolute atomic E-state index is 0.191. The van der Waals surface area contributed by atoms with Gasteiger partial charge in [0.2, 0.25) is 15.2 Å². The van der Waals surface area contributed by atoms with Gasteiger partial charge in [-0.15, -0.1) is 0 Å². The molecule has 2 aromatic carbocycles. The number of nitrogens with one attached hydrogen (secondary N) is 2. The highest BCUT2D eigenvalue weighted by Gasteiger charge is 2.13. The van der Waals surface area contributed by atoms with Gasteiger partial charge in [-0.05, 0) is 42.0 Å². The fourth-order valence-corrected chi connectivity index (χ4v) is 4.16. The van der Waals surface area contributed by atoms with Crippen LogP contribution < -0.4 is 19.5 Å². The molecule has 0 atom stereocenters. The quantitative estimate of drug-likeness (QED) is 0.473. The highest BCUT2D eigenvalue weighted by molar-refractivity contribution is 7.89. The number of rotatable bonds is 10. The summed E-state index contributed by atoms with van der Waals surface area (Å²) in [6.07, 6.45) is 0.617. The molecule has 0 saturated heterocycles. The predicted octanol–water partition coefficient (Wildman–Crippen LogP) is 2.54. The maximum atomic E-state index is 12.3. The smallest absolute Gasteiger partial charge is 0.240 e. The maximum Gasteiger partial charge on any atom is 0.240 e. The highest BCUT2D eigenvalue weighted by Crippen LogP contribution is 2.17. The number of hydrogen-bond acceptors (Lipinski definition) is 8. The topological polar surface area (TPSA) is 102 Å². The van der Waals surface area contributed by atoms with Gasteiger partial charge in [0.1, 0.15) is 17.3 Å². The lowest BCUT2D eigenvalue weighted by molar-refractivity contribution is 0.414. The summed E-state index contributed by atoms with van der Waals surface area (Å²) >= 11 is 1.25. The number of aromatic nitrogens is 2. The van der Waals surface area contributed by atoms with Crippen LogP contribution in [0.2, 0.25) is 0 Å². The summed E-state index contributed by atoms with van der Waals surface area (Å²) in [4.78, 5) is 4.62. The van der Waals surface area contributed by atoms with Crippen molar-refractivity contribution in [2.75, 3.05) is 32.6 Å². The SMILES string of the molecule is COc1ccc(Cc2nsc(NCCNS(=O)(=O)c3ccc(OC)cc3)n2)cc1. The largest absolute Gasteiger partial charge is 0.497 e. The zero-order valence-corrected chi connectivity index (χ0v) is 17.7. The Morgan fingerprint density at radius 2 is 1.55 bits per heavy atom. The molecule has 2 N–H and O–H groups in total. The van der Waals surface area contributed by atoms with E-state index in [1.807, 2.05) is 24.3 Å². The lowest BCUT2D eigenvalue weighted by atomic mass is 10.1. The van der Waals surface area contributed by atoms with E-state index in [1.165, 1.54) is 30.8 Å². The lowest BCUT2D eigenvalue weighted by Crippen LogP contribution is -2.28. The van der Waals surface area contributed by atoms with Crippen molar-refractivity contribution in [1.29, 1.82) is 0 Å². The van der Waals surface area contributed by atoms with Crippen LogP contribution in [0, 0.1) is 0 Å². The van der Waals surface area contributed by atoms with Crippen LogP contribution in [0.15, 0.2) is 53.4 Å². The summed E-state index contributed by atoms with van der Waals surface area (Å²) < 4.78 is 41.6. The fourth-order valence-electron chi connectivity index (χ4n) is 2.52. The number of benzene rings is 2. The van der Waals surface area contributed by atoms with E-state index >= 15 is 0 Å². The molecule has 8 nitrogen and oxygen atoms in total. The van der Waals surface area contributed by atoms with Crippen molar-refractivity contribution >= 4 is 26.7 Å². The number of nitrogens with zero attached hydrogens (tertiary/aromatic N) is 2. The molecular weight excluding hydrogens is 412 g/mol. The van der Waals surface area contributed by atoms with Crippen LogP contribution in [0.25, 0.3) is 0 Å². The number of hydrogen-bond donors (Lipinski definition) is 2. The Hall–Kier alpha value is -2.69. The first kappa shape index (κ1) is 21.0. The molecular formula is C19H22N4O4S2. The van der Waals surface area contributed by atoms with Crippen molar-refractivity contribution in [3.63, 3.8) is 0 Å². The molecule has 1 aromatic heterocycles. The minimum Gasteiger partial charge on any atom is -0.497 e. The van der Waals surface area contributed by atoms with Crippen LogP contribution in [-0.4, -0.2) is 45.1 Å². The van der Waals surface area contributed by atoms with Crippen molar-refractivity contribution in [2.24, 2.45) is 0 Å². The van der Waals surface area contributed by atoms with Gasteiger partial charge in [-0.2, -0.15) is 4.37 Å². The van der Waals surface area contributed by atoms with Crippen molar-refractivity contribution in [1.82, 2.24) is 14.1 Å². The second-order valence-electron chi connectivity index (χ2n) is 6.04. The third-order valence-electron chi connectivity index (χ3n) is 4.05. The molecule has 29 heavy (non-hydrogen) atoms. The zero-order valence-electron chi connectivity index (χ0n) is 16.1. The molecule has 10 heteroatoms. The number of methoxy groups -OCH3 is 2. The molecule has 0 saturated carbocycles. The second kappa shape index (κ2) is 9.68. The van der Waals surface area contributed by atoms with Gasteiger partial charge in [0.05, 0.1) is 19.1 Å². The monoisotopic (exact) mass is 434 g/mol. The van der Waals surface area contributed by atoms with Gasteiger partial charge in [-0.25, -0.2) is 18.1 Å². The first-order valence-electron chi connectivity index (χ1n) is 8.83. The number of sulfonamides is 1. The first-order chi connectivity index (χ1) is 14.0. The van der Waals surface area contributed by atoms with Gasteiger partial charge in [0.25, 0.3) is 0 Å². The molecule has 154 valence electrons. The van der Waals surface area contributed by atoms with E-state index in [-0.39, 0.29) is 11.4 Å². The molecule has 0 aliphatic heterocycles. The van der Waals surface area contributed by atoms with E-state index in [1.54, 1.807) is 19.2 Å². The van der Waals surface area contributed by atoms with Crippen molar-refractivity contribution in [2.45, 2.75) is 11.3 Å². The Balaban J connectivity index is 1.46. The van der Waals surface area contributed by atoms with Crippen LogP contribution in [-0.2, 0) is 16.4 Å². The van der Waals surface area contributed by atoms with Crippen LogP contribution in [0.3, 0.4) is 0 Å². The summed E-state index contributed by atoms with van der Waals surface area (Å²) in [6.45, 7) is 0.619. The Labute approximate surface area is 174 Å². The molecule has 0 aliphatic rings. The molecule has 0 fully saturated rings. The third-order valence-corrected chi connectivity index (χ3v) is 6.24. The van der Waals surface area contributed by atoms with Crippen LogP contribution in [0.1, 0.15) is 11.4 Å². The van der Waals surface area contributed by atoms with E-state index in [9.17, 15) is 8.42 Å². The second-order valence-corrected chi connectivity index (χ2v) is 8.56. The molecule has 0 radical (unpaired) electrons. The van der Waals surface area contributed by atoms with Crippen molar-refractivity contribution in [3.05, 3.63) is 59.9 Å². The molecule has 3 rings (SSSR count). The molecule has 0 spiro atoms. The Kier molecular flexibility index (Phi) is 7.02. The van der Waals surface area contributed by atoms with Gasteiger partial charge < -0.3 is 14.8 Å². The Morgan fingerprint density at radius 3 is 2.17 bits per heavy atom. The van der Waals surface area contributed by atoms with Crippen LogP contribution in [0.5, 0.6) is 11.5 Å². The molecule has 0 bridgehead atoms. The van der Waals surface area contributed by atoms with Gasteiger partial charge in [-0.3, -0.25) is 0 Å². The predicted molar refractivity (Wildman–Crippen MR) is 112 cm³/mol. The van der Waals surface area contributed by atoms with E-state index < -0.39 is 10.0 Å². The van der Waals surface area contributed by atoms with Gasteiger partial charge >= 0.3 is 0 Å². The Bertz CT molecular complexity index is 1020. The van der Waals surface area contributed by atoms with Gasteiger partial charge in [-0.1, -0.05) is 12.1 Å². The summed E-state index contributed by atoms with van der Waals surface area (Å²) in [6, 6.07) is 14.0. The highest BCUT2D eigenvalue weighted by atomic mass is 32.2. The van der Waals surface area contributed by atoms with E-state index in [2.05, 4.69) is 19.4 Å². The van der Waals surface area contributed by atoms with Crippen molar-refractivity contribution < 1.29 is 17.9 Å². The van der Waals surface area contributed by atoms with Crippen LogP contribution >= 0.6 is 11.5 Å². The average Bonchev–Trinajstić information content (AvgIpc) is 3.19. The first-order valence-corrected chi connectivity index (χ1v) is 11.1. The van der Waals surface area contributed by atoms with E-state index in [4.69, 9.17) is 9.47 Å². The molecule has 0 unspecified atom stereocenters. The molecule has 0 amide bonds. The molecule has 1 heterocycles. The summed E-state index contributed by atoms with van der Waals surface area (Å²) in [7, 11) is -0.407. The standard InChI is InChI=1S/C19H22N4O4S2/c1-26-15-5-3-14(4-6-15)13-18-22-19(28-23-18)20-11-12-21-29(24,25)17-9-7-16(27-2)8-10-17/h3-10,21H,11-13H2,1-2H3,(H,20,22,23). The summed E-state index contributed by atoms with van der Waals surface area (Å²) in [5, 5.41) is 3.74. The van der Waals surface area contributed by atoms with E-state index in [0.29, 0.717) is 29.7 Å². The van der Waals surface area contributed by atoms with Crippen LogP contribution in [0.4, 0.5) is 5.13 Å². The summed E-state index contributed by atoms with van der Waals surface area (Å²) in [5.74, 6) is 2.12. The number of ether oxygens (including phenoxy) is 2.